The second-order valence-electron chi connectivity index (χ2n) is 2.17. The van der Waals surface area contributed by atoms with E-state index in [1.54, 1.807) is 0 Å². The number of aromatic amines is 2. The van der Waals surface area contributed by atoms with Gasteiger partial charge in [-0.3, -0.25) is 20.0 Å². The van der Waals surface area contributed by atoms with Gasteiger partial charge in [0.1, 0.15) is 0 Å². The SMILES string of the molecule is NNC(=O)CSc1n[nH]c(=O)[nH]c1=O. The van der Waals surface area contributed by atoms with Crippen molar-refractivity contribution in [3.8, 4) is 0 Å². The predicted molar refractivity (Wildman–Crippen MR) is 48.5 cm³/mol. The zero-order chi connectivity index (χ0) is 10.6. The van der Waals surface area contributed by atoms with Crippen LogP contribution in [-0.4, -0.2) is 26.8 Å². The lowest BCUT2D eigenvalue weighted by Gasteiger charge is -1.97. The molecule has 5 N–H and O–H groups in total. The molecule has 0 spiro atoms. The van der Waals surface area contributed by atoms with Crippen molar-refractivity contribution < 1.29 is 4.79 Å². The highest BCUT2D eigenvalue weighted by Crippen LogP contribution is 2.06. The summed E-state index contributed by atoms with van der Waals surface area (Å²) in [5.74, 6) is 4.34. The summed E-state index contributed by atoms with van der Waals surface area (Å²) < 4.78 is 0. The maximum Gasteiger partial charge on any atom is 0.342 e. The highest BCUT2D eigenvalue weighted by molar-refractivity contribution is 7.99. The molecule has 14 heavy (non-hydrogen) atoms. The van der Waals surface area contributed by atoms with Gasteiger partial charge in [0.25, 0.3) is 5.56 Å². The Morgan fingerprint density at radius 3 is 2.86 bits per heavy atom. The van der Waals surface area contributed by atoms with Crippen LogP contribution in [0, 0.1) is 0 Å². The van der Waals surface area contributed by atoms with Gasteiger partial charge in [-0.2, -0.15) is 5.10 Å². The van der Waals surface area contributed by atoms with Gasteiger partial charge >= 0.3 is 5.69 Å². The van der Waals surface area contributed by atoms with Gasteiger partial charge < -0.3 is 0 Å². The van der Waals surface area contributed by atoms with E-state index < -0.39 is 17.2 Å². The molecular weight excluding hydrogens is 210 g/mol. The van der Waals surface area contributed by atoms with Crippen LogP contribution >= 0.6 is 11.8 Å². The third kappa shape index (κ3) is 2.71. The van der Waals surface area contributed by atoms with Crippen LogP contribution in [0.1, 0.15) is 0 Å². The number of carbonyl (C=O) groups excluding carboxylic acids is 1. The van der Waals surface area contributed by atoms with Crippen LogP contribution in [0.2, 0.25) is 0 Å². The summed E-state index contributed by atoms with van der Waals surface area (Å²) in [6.07, 6.45) is 0. The molecule has 9 heteroatoms. The van der Waals surface area contributed by atoms with Gasteiger partial charge in [0, 0.05) is 0 Å². The Kier molecular flexibility index (Phi) is 3.42. The minimum atomic E-state index is -0.692. The molecule has 0 aliphatic rings. The summed E-state index contributed by atoms with van der Waals surface area (Å²) >= 11 is 0.871. The molecule has 0 aliphatic heterocycles. The number of amides is 1. The van der Waals surface area contributed by atoms with E-state index in [0.29, 0.717) is 0 Å². The number of carbonyl (C=O) groups is 1. The molecule has 1 amide bonds. The van der Waals surface area contributed by atoms with Crippen molar-refractivity contribution in [2.75, 3.05) is 5.75 Å². The Morgan fingerprint density at radius 1 is 1.57 bits per heavy atom. The Balaban J connectivity index is 2.73. The molecule has 0 unspecified atom stereocenters. The van der Waals surface area contributed by atoms with Crippen LogP contribution in [0.4, 0.5) is 0 Å². The maximum atomic E-state index is 11.0. The van der Waals surface area contributed by atoms with Crippen molar-refractivity contribution >= 4 is 17.7 Å². The van der Waals surface area contributed by atoms with E-state index in [1.807, 2.05) is 15.5 Å². The fourth-order valence-corrected chi connectivity index (χ4v) is 1.25. The largest absolute Gasteiger partial charge is 0.342 e. The standard InChI is InChI=1S/C5H7N5O3S/c6-8-2(11)1-14-4-3(12)7-5(13)10-9-4/h1,6H2,(H,8,11)(H2,7,10,12,13). The molecular formula is C5H7N5O3S. The number of aromatic nitrogens is 3. The average Bonchev–Trinajstić information content (AvgIpc) is 2.16. The number of H-pyrrole nitrogens is 2. The van der Waals surface area contributed by atoms with Crippen LogP contribution in [0.3, 0.4) is 0 Å². The molecule has 0 atom stereocenters. The first-order valence-electron chi connectivity index (χ1n) is 3.44. The number of nitrogens with two attached hydrogens (primary N) is 1. The molecule has 0 bridgehead atoms. The number of thioether (sulfide) groups is 1. The first kappa shape index (κ1) is 10.5. The van der Waals surface area contributed by atoms with Crippen molar-refractivity contribution in [2.24, 2.45) is 5.84 Å². The minimum absolute atomic E-state index is 0.00759. The minimum Gasteiger partial charge on any atom is -0.294 e. The highest BCUT2D eigenvalue weighted by atomic mass is 32.2. The zero-order valence-electron chi connectivity index (χ0n) is 6.86. The molecule has 8 nitrogen and oxygen atoms in total. The molecule has 0 radical (unpaired) electrons. The first-order valence-corrected chi connectivity index (χ1v) is 4.43. The molecule has 0 fully saturated rings. The van der Waals surface area contributed by atoms with E-state index in [-0.39, 0.29) is 10.8 Å². The van der Waals surface area contributed by atoms with Crippen molar-refractivity contribution in [3.05, 3.63) is 20.8 Å². The fraction of sp³-hybridized carbons (Fsp3) is 0.200. The predicted octanol–water partition coefficient (Wildman–Crippen LogP) is -2.46. The van der Waals surface area contributed by atoms with E-state index in [4.69, 9.17) is 5.84 Å². The van der Waals surface area contributed by atoms with Gasteiger partial charge in [0.15, 0.2) is 5.03 Å². The number of hydrazine groups is 1. The molecule has 0 aromatic carbocycles. The van der Waals surface area contributed by atoms with E-state index in [9.17, 15) is 14.4 Å². The molecule has 1 rings (SSSR count). The lowest BCUT2D eigenvalue weighted by atomic mass is 10.7. The normalized spacial score (nSPS) is 9.79. The second-order valence-corrected chi connectivity index (χ2v) is 3.13. The van der Waals surface area contributed by atoms with Gasteiger partial charge in [-0.1, -0.05) is 11.8 Å². The average molecular weight is 217 g/mol. The lowest BCUT2D eigenvalue weighted by molar-refractivity contribution is -0.118. The van der Waals surface area contributed by atoms with E-state index >= 15 is 0 Å². The summed E-state index contributed by atoms with van der Waals surface area (Å²) in [7, 11) is 0. The Bertz CT molecular complexity index is 437. The van der Waals surface area contributed by atoms with Gasteiger partial charge in [-0.25, -0.2) is 15.7 Å². The molecule has 1 heterocycles. The molecule has 0 aliphatic carbocycles. The topological polar surface area (TPSA) is 134 Å². The summed E-state index contributed by atoms with van der Waals surface area (Å²) in [5, 5.41) is 5.49. The highest BCUT2D eigenvalue weighted by Gasteiger charge is 2.05. The van der Waals surface area contributed by atoms with Crippen molar-refractivity contribution in [1.29, 1.82) is 0 Å². The molecule has 1 aromatic heterocycles. The fourth-order valence-electron chi connectivity index (χ4n) is 0.610. The summed E-state index contributed by atoms with van der Waals surface area (Å²) in [4.78, 5) is 34.2. The number of hydrogen-bond donors (Lipinski definition) is 4. The van der Waals surface area contributed by atoms with Crippen LogP contribution in [-0.2, 0) is 4.79 Å². The maximum absolute atomic E-state index is 11.0. The molecule has 1 aromatic rings. The molecule has 0 saturated heterocycles. The number of hydrogen-bond acceptors (Lipinski definition) is 6. The van der Waals surface area contributed by atoms with Crippen molar-refractivity contribution in [1.82, 2.24) is 20.6 Å². The van der Waals surface area contributed by atoms with Crippen LogP contribution in [0.15, 0.2) is 14.6 Å². The number of rotatable bonds is 3. The van der Waals surface area contributed by atoms with E-state index in [2.05, 4.69) is 5.10 Å². The van der Waals surface area contributed by atoms with Crippen LogP contribution in [0.25, 0.3) is 0 Å². The summed E-state index contributed by atoms with van der Waals surface area (Å²) in [6, 6.07) is 0. The monoisotopic (exact) mass is 217 g/mol. The third-order valence-electron chi connectivity index (χ3n) is 1.18. The quantitative estimate of drug-likeness (QED) is 0.192. The van der Waals surface area contributed by atoms with Crippen LogP contribution < -0.4 is 22.5 Å². The molecule has 0 saturated carbocycles. The van der Waals surface area contributed by atoms with E-state index in [0.717, 1.165) is 11.8 Å². The van der Waals surface area contributed by atoms with Gasteiger partial charge in [0.2, 0.25) is 5.91 Å². The number of nitrogens with one attached hydrogen (secondary N) is 3. The zero-order valence-corrected chi connectivity index (χ0v) is 7.68. The summed E-state index contributed by atoms with van der Waals surface area (Å²) in [5.41, 5.74) is 0.567. The third-order valence-corrected chi connectivity index (χ3v) is 2.14. The smallest absolute Gasteiger partial charge is 0.294 e. The molecule has 76 valence electrons. The Hall–Kier alpha value is -1.61. The first-order chi connectivity index (χ1) is 6.63. The second kappa shape index (κ2) is 4.58. The van der Waals surface area contributed by atoms with Gasteiger partial charge in [-0.05, 0) is 0 Å². The Morgan fingerprint density at radius 2 is 2.29 bits per heavy atom. The summed E-state index contributed by atoms with van der Waals surface area (Å²) in [6.45, 7) is 0. The number of nitrogens with zero attached hydrogens (tertiary/aromatic N) is 1. The van der Waals surface area contributed by atoms with Crippen molar-refractivity contribution in [3.63, 3.8) is 0 Å². The lowest BCUT2D eigenvalue weighted by Crippen LogP contribution is -2.32. The van der Waals surface area contributed by atoms with E-state index in [1.165, 1.54) is 0 Å². The van der Waals surface area contributed by atoms with Gasteiger partial charge in [0.05, 0.1) is 5.75 Å². The van der Waals surface area contributed by atoms with Crippen LogP contribution in [0.5, 0.6) is 0 Å². The van der Waals surface area contributed by atoms with Crippen molar-refractivity contribution in [2.45, 2.75) is 5.03 Å². The Labute approximate surface area is 81.3 Å². The van der Waals surface area contributed by atoms with Gasteiger partial charge in [-0.15, -0.1) is 0 Å².